The summed E-state index contributed by atoms with van der Waals surface area (Å²) >= 11 is 0. The van der Waals surface area contributed by atoms with Crippen molar-refractivity contribution < 1.29 is 22.7 Å². The molecule has 13 heteroatoms. The molecule has 1 aliphatic rings. The molecule has 0 fully saturated rings. The molecule has 2 N–H and O–H groups in total. The number of rotatable bonds is 6. The Labute approximate surface area is 231 Å². The van der Waals surface area contributed by atoms with Crippen LogP contribution in [0.1, 0.15) is 26.3 Å². The predicted molar refractivity (Wildman–Crippen MR) is 148 cm³/mol. The molecule has 4 aromatic rings. The molecular formula is C27H27N7O5S. The number of carbonyl (C=O) groups is 1. The summed E-state index contributed by atoms with van der Waals surface area (Å²) in [6, 6.07) is 8.35. The third-order valence-electron chi connectivity index (χ3n) is 5.94. The van der Waals surface area contributed by atoms with Gasteiger partial charge in [0, 0.05) is 36.6 Å². The van der Waals surface area contributed by atoms with E-state index in [0.717, 1.165) is 11.8 Å². The molecule has 0 radical (unpaired) electrons. The van der Waals surface area contributed by atoms with Crippen LogP contribution in [0.2, 0.25) is 0 Å². The molecule has 5 rings (SSSR count). The van der Waals surface area contributed by atoms with Gasteiger partial charge in [0.05, 0.1) is 23.8 Å². The van der Waals surface area contributed by atoms with E-state index in [1.165, 1.54) is 13.0 Å². The minimum atomic E-state index is -3.67. The molecular weight excluding hydrogens is 534 g/mol. The Bertz CT molecular complexity index is 1740. The summed E-state index contributed by atoms with van der Waals surface area (Å²) in [7, 11) is -3.67. The molecule has 4 aromatic heterocycles. The van der Waals surface area contributed by atoms with E-state index in [1.54, 1.807) is 42.9 Å². The first kappa shape index (κ1) is 26.9. The molecule has 0 spiro atoms. The highest BCUT2D eigenvalue weighted by Gasteiger charge is 2.29. The first-order chi connectivity index (χ1) is 18.9. The third-order valence-corrected chi connectivity index (χ3v) is 6.91. The number of fused-ring (bicyclic) bond motifs is 1. The first-order valence-corrected chi connectivity index (χ1v) is 14.1. The minimum Gasteiger partial charge on any atom is -0.479 e. The average molecular weight is 562 g/mol. The maximum absolute atomic E-state index is 12.5. The van der Waals surface area contributed by atoms with E-state index in [-0.39, 0.29) is 22.6 Å². The number of pyridine rings is 3. The van der Waals surface area contributed by atoms with Crippen molar-refractivity contribution in [2.45, 2.75) is 38.3 Å². The SMILES string of the molecule is CC(=O)Nc1cc(Nc2cc(-c3cnncc3C)cc(S(C)(=O)=O)n2)c(-c2ccc3c(n2)OCC(C)(C)O3)cn1. The zero-order chi connectivity index (χ0) is 28.7. The molecule has 0 atom stereocenters. The lowest BCUT2D eigenvalue weighted by Gasteiger charge is -2.31. The van der Waals surface area contributed by atoms with Crippen molar-refractivity contribution in [2.75, 3.05) is 23.5 Å². The van der Waals surface area contributed by atoms with Crippen molar-refractivity contribution in [3.05, 3.63) is 54.5 Å². The number of aromatic nitrogens is 5. The molecule has 0 aliphatic carbocycles. The number of ether oxygens (including phenoxy) is 2. The van der Waals surface area contributed by atoms with Crippen LogP contribution in [0.3, 0.4) is 0 Å². The Hall–Kier alpha value is -4.65. The average Bonchev–Trinajstić information content (AvgIpc) is 2.87. The topological polar surface area (TPSA) is 158 Å². The van der Waals surface area contributed by atoms with Gasteiger partial charge in [-0.3, -0.25) is 4.79 Å². The zero-order valence-corrected chi connectivity index (χ0v) is 23.3. The van der Waals surface area contributed by atoms with Crippen LogP contribution >= 0.6 is 0 Å². The summed E-state index contributed by atoms with van der Waals surface area (Å²) in [5, 5.41) is 13.6. The number of nitrogens with zero attached hydrogens (tertiary/aromatic N) is 5. The van der Waals surface area contributed by atoms with Crippen LogP contribution in [0.25, 0.3) is 22.4 Å². The van der Waals surface area contributed by atoms with Gasteiger partial charge in [0.2, 0.25) is 5.91 Å². The lowest BCUT2D eigenvalue weighted by Crippen LogP contribution is -2.39. The van der Waals surface area contributed by atoms with E-state index >= 15 is 0 Å². The number of nitrogens with one attached hydrogen (secondary N) is 2. The second-order valence-electron chi connectivity index (χ2n) is 10.0. The highest BCUT2D eigenvalue weighted by Crippen LogP contribution is 2.38. The monoisotopic (exact) mass is 561 g/mol. The van der Waals surface area contributed by atoms with Gasteiger partial charge < -0.3 is 20.1 Å². The number of sulfone groups is 1. The van der Waals surface area contributed by atoms with Gasteiger partial charge in [-0.2, -0.15) is 10.2 Å². The number of anilines is 3. The fourth-order valence-corrected chi connectivity index (χ4v) is 4.68. The number of carbonyl (C=O) groups excluding carboxylic acids is 1. The van der Waals surface area contributed by atoms with Crippen LogP contribution in [0.15, 0.2) is 53.9 Å². The van der Waals surface area contributed by atoms with Crippen LogP contribution in [-0.4, -0.2) is 57.9 Å². The van der Waals surface area contributed by atoms with E-state index in [2.05, 4.69) is 35.8 Å². The number of amides is 1. The van der Waals surface area contributed by atoms with Crippen molar-refractivity contribution >= 4 is 33.1 Å². The predicted octanol–water partition coefficient (Wildman–Crippen LogP) is 3.96. The second-order valence-corrected chi connectivity index (χ2v) is 12.0. The molecule has 0 saturated carbocycles. The van der Waals surface area contributed by atoms with Crippen LogP contribution in [-0.2, 0) is 14.6 Å². The highest BCUT2D eigenvalue weighted by atomic mass is 32.2. The van der Waals surface area contributed by atoms with Gasteiger partial charge in [0.15, 0.2) is 20.6 Å². The van der Waals surface area contributed by atoms with Crippen molar-refractivity contribution in [1.29, 1.82) is 0 Å². The lowest BCUT2D eigenvalue weighted by atomic mass is 10.1. The van der Waals surface area contributed by atoms with Gasteiger partial charge in [-0.05, 0) is 56.2 Å². The Morgan fingerprint density at radius 3 is 2.50 bits per heavy atom. The molecule has 1 aliphatic heterocycles. The quantitative estimate of drug-likeness (QED) is 0.351. The maximum atomic E-state index is 12.5. The van der Waals surface area contributed by atoms with Crippen molar-refractivity contribution in [3.63, 3.8) is 0 Å². The largest absolute Gasteiger partial charge is 0.479 e. The van der Waals surface area contributed by atoms with Gasteiger partial charge in [-0.1, -0.05) is 0 Å². The summed E-state index contributed by atoms with van der Waals surface area (Å²) in [5.41, 5.74) is 3.16. The summed E-state index contributed by atoms with van der Waals surface area (Å²) < 4.78 is 36.9. The van der Waals surface area contributed by atoms with Crippen LogP contribution in [0, 0.1) is 6.92 Å². The standard InChI is InChI=1S/C27H27N7O5S/c1-15-11-29-30-13-18(15)17-8-24(34-25(9-17)40(5,36)37)32-21-10-23(31-16(2)35)28-12-19(21)20-6-7-22-26(33-20)38-14-27(3,4)39-22/h6-13H,14H2,1-5H3,(H2,28,31,32,34,35). The van der Waals surface area contributed by atoms with Gasteiger partial charge in [0.1, 0.15) is 23.8 Å². The lowest BCUT2D eigenvalue weighted by molar-refractivity contribution is -0.114. The van der Waals surface area contributed by atoms with E-state index in [0.29, 0.717) is 46.3 Å². The Balaban J connectivity index is 1.62. The van der Waals surface area contributed by atoms with Crippen LogP contribution in [0.4, 0.5) is 17.3 Å². The van der Waals surface area contributed by atoms with Crippen LogP contribution < -0.4 is 20.1 Å². The third kappa shape index (κ3) is 5.83. The van der Waals surface area contributed by atoms with Gasteiger partial charge >= 0.3 is 0 Å². The van der Waals surface area contributed by atoms with E-state index in [4.69, 9.17) is 9.47 Å². The molecule has 0 unspecified atom stereocenters. The highest BCUT2D eigenvalue weighted by molar-refractivity contribution is 7.90. The molecule has 5 heterocycles. The van der Waals surface area contributed by atoms with Crippen molar-refractivity contribution in [2.24, 2.45) is 0 Å². The number of aryl methyl sites for hydroxylation is 1. The number of hydrogen-bond acceptors (Lipinski definition) is 11. The van der Waals surface area contributed by atoms with E-state index in [9.17, 15) is 13.2 Å². The molecule has 0 aromatic carbocycles. The molecule has 0 saturated heterocycles. The van der Waals surface area contributed by atoms with Crippen molar-refractivity contribution in [3.8, 4) is 34.0 Å². The summed E-state index contributed by atoms with van der Waals surface area (Å²) in [6.07, 6.45) is 5.80. The van der Waals surface area contributed by atoms with E-state index in [1.807, 2.05) is 20.8 Å². The first-order valence-electron chi connectivity index (χ1n) is 12.3. The van der Waals surface area contributed by atoms with Crippen LogP contribution in [0.5, 0.6) is 11.6 Å². The maximum Gasteiger partial charge on any atom is 0.257 e. The Morgan fingerprint density at radius 2 is 1.77 bits per heavy atom. The second kappa shape index (κ2) is 10.2. The minimum absolute atomic E-state index is 0.124. The summed E-state index contributed by atoms with van der Waals surface area (Å²) in [5.74, 6) is 1.09. The number of hydrogen-bond donors (Lipinski definition) is 2. The summed E-state index contributed by atoms with van der Waals surface area (Å²) in [4.78, 5) is 25.1. The fourth-order valence-electron chi connectivity index (χ4n) is 4.08. The Kier molecular flexibility index (Phi) is 6.84. The molecule has 12 nitrogen and oxygen atoms in total. The van der Waals surface area contributed by atoms with E-state index < -0.39 is 15.4 Å². The Morgan fingerprint density at radius 1 is 1.00 bits per heavy atom. The fraction of sp³-hybridized carbons (Fsp3) is 0.259. The normalized spacial score (nSPS) is 13.9. The van der Waals surface area contributed by atoms with Gasteiger partial charge in [0.25, 0.3) is 5.88 Å². The smallest absolute Gasteiger partial charge is 0.257 e. The molecule has 0 bridgehead atoms. The zero-order valence-electron chi connectivity index (χ0n) is 22.5. The molecule has 206 valence electrons. The van der Waals surface area contributed by atoms with Crippen molar-refractivity contribution in [1.82, 2.24) is 25.1 Å². The molecule has 1 amide bonds. The van der Waals surface area contributed by atoms with Gasteiger partial charge in [-0.15, -0.1) is 0 Å². The molecule has 40 heavy (non-hydrogen) atoms. The summed E-state index contributed by atoms with van der Waals surface area (Å²) in [6.45, 7) is 7.40. The van der Waals surface area contributed by atoms with Gasteiger partial charge in [-0.25, -0.2) is 23.4 Å².